The lowest BCUT2D eigenvalue weighted by atomic mass is 10.2. The average Bonchev–Trinajstić information content (AvgIpc) is 2.43. The van der Waals surface area contributed by atoms with E-state index in [4.69, 9.17) is 0 Å². The number of anilines is 1. The number of carbonyl (C=O) groups is 1. The molecule has 1 aromatic rings. The van der Waals surface area contributed by atoms with Gasteiger partial charge >= 0.3 is 12.1 Å². The number of hydrogen-bond acceptors (Lipinski definition) is 3. The predicted octanol–water partition coefficient (Wildman–Crippen LogP) is 4.39. The molecule has 7 heteroatoms. The molecule has 0 aliphatic carbocycles. The Kier molecular flexibility index (Phi) is 6.26. The van der Waals surface area contributed by atoms with Gasteiger partial charge in [0.25, 0.3) is 0 Å². The van der Waals surface area contributed by atoms with Crippen LogP contribution in [-0.2, 0) is 15.7 Å². The highest BCUT2D eigenvalue weighted by atomic mass is 79.9. The van der Waals surface area contributed by atoms with Crippen molar-refractivity contribution in [1.82, 2.24) is 0 Å². The summed E-state index contributed by atoms with van der Waals surface area (Å²) in [6.07, 6.45) is -2.34. The summed E-state index contributed by atoms with van der Waals surface area (Å²) in [4.78, 5) is 11.3. The standard InChI is InChI=1S/C14H15BrF3NO2/c1-3-9(13(20)21-2)6-7-19-10-4-5-12(15)11(8-10)14(16,17)18/h4-6,8,19H,3,7H2,1-2H3/b9-6-. The number of methoxy groups -OCH3 is 1. The second-order valence-electron chi connectivity index (χ2n) is 4.15. The van der Waals surface area contributed by atoms with Gasteiger partial charge in [0.05, 0.1) is 12.7 Å². The molecule has 0 spiro atoms. The SMILES string of the molecule is CC/C(=C/CNc1ccc(Br)c(C(F)(F)F)c1)C(=O)OC. The summed E-state index contributed by atoms with van der Waals surface area (Å²) >= 11 is 2.88. The van der Waals surface area contributed by atoms with E-state index in [-0.39, 0.29) is 11.0 Å². The maximum atomic E-state index is 12.8. The van der Waals surface area contributed by atoms with Crippen molar-refractivity contribution in [1.29, 1.82) is 0 Å². The maximum absolute atomic E-state index is 12.8. The first kappa shape index (κ1) is 17.6. The van der Waals surface area contributed by atoms with Crippen LogP contribution in [0.25, 0.3) is 0 Å². The number of rotatable bonds is 5. The molecule has 21 heavy (non-hydrogen) atoms. The van der Waals surface area contributed by atoms with Crippen LogP contribution in [0.15, 0.2) is 34.3 Å². The van der Waals surface area contributed by atoms with Crippen molar-refractivity contribution in [2.75, 3.05) is 19.0 Å². The third-order valence-electron chi connectivity index (χ3n) is 2.75. The number of benzene rings is 1. The van der Waals surface area contributed by atoms with Gasteiger partial charge in [-0.1, -0.05) is 28.9 Å². The Morgan fingerprint density at radius 2 is 2.10 bits per heavy atom. The Morgan fingerprint density at radius 1 is 1.43 bits per heavy atom. The minimum Gasteiger partial charge on any atom is -0.466 e. The third kappa shape index (κ3) is 5.08. The molecule has 1 rings (SSSR count). The van der Waals surface area contributed by atoms with Gasteiger partial charge in [-0.3, -0.25) is 0 Å². The van der Waals surface area contributed by atoms with Gasteiger partial charge in [0.2, 0.25) is 0 Å². The molecule has 0 aliphatic rings. The number of ether oxygens (including phenoxy) is 1. The maximum Gasteiger partial charge on any atom is 0.417 e. The lowest BCUT2D eigenvalue weighted by Gasteiger charge is -2.12. The van der Waals surface area contributed by atoms with Gasteiger partial charge in [0.15, 0.2) is 0 Å². The summed E-state index contributed by atoms with van der Waals surface area (Å²) in [7, 11) is 1.28. The fourth-order valence-electron chi connectivity index (χ4n) is 1.65. The van der Waals surface area contributed by atoms with E-state index in [0.29, 0.717) is 17.7 Å². The monoisotopic (exact) mass is 365 g/mol. The van der Waals surface area contributed by atoms with E-state index in [1.165, 1.54) is 19.2 Å². The largest absolute Gasteiger partial charge is 0.466 e. The van der Waals surface area contributed by atoms with Gasteiger partial charge < -0.3 is 10.1 Å². The highest BCUT2D eigenvalue weighted by Crippen LogP contribution is 2.36. The molecule has 0 radical (unpaired) electrons. The average molecular weight is 366 g/mol. The summed E-state index contributed by atoms with van der Waals surface area (Å²) in [5.41, 5.74) is 0.0420. The van der Waals surface area contributed by atoms with Crippen molar-refractivity contribution in [2.45, 2.75) is 19.5 Å². The molecule has 0 saturated carbocycles. The molecule has 1 N–H and O–H groups in total. The summed E-state index contributed by atoms with van der Waals surface area (Å²) in [6.45, 7) is 2.03. The topological polar surface area (TPSA) is 38.3 Å². The van der Waals surface area contributed by atoms with Crippen LogP contribution in [0.5, 0.6) is 0 Å². The summed E-state index contributed by atoms with van der Waals surface area (Å²) in [5, 5.41) is 2.82. The van der Waals surface area contributed by atoms with Gasteiger partial charge in [-0.25, -0.2) is 4.79 Å². The van der Waals surface area contributed by atoms with Crippen LogP contribution in [0, 0.1) is 0 Å². The van der Waals surface area contributed by atoms with Gasteiger partial charge in [-0.15, -0.1) is 0 Å². The second-order valence-corrected chi connectivity index (χ2v) is 5.00. The van der Waals surface area contributed by atoms with E-state index < -0.39 is 17.7 Å². The predicted molar refractivity (Wildman–Crippen MR) is 78.0 cm³/mol. The molecule has 0 amide bonds. The lowest BCUT2D eigenvalue weighted by Crippen LogP contribution is -2.09. The van der Waals surface area contributed by atoms with Crippen LogP contribution in [0.2, 0.25) is 0 Å². The van der Waals surface area contributed by atoms with E-state index in [1.807, 2.05) is 0 Å². The van der Waals surface area contributed by atoms with Crippen molar-refractivity contribution >= 4 is 27.6 Å². The first-order valence-electron chi connectivity index (χ1n) is 6.17. The number of hydrogen-bond donors (Lipinski definition) is 1. The summed E-state index contributed by atoms with van der Waals surface area (Å²) in [5.74, 6) is -0.439. The van der Waals surface area contributed by atoms with Crippen molar-refractivity contribution in [2.24, 2.45) is 0 Å². The Morgan fingerprint density at radius 3 is 2.62 bits per heavy atom. The number of esters is 1. The molecule has 3 nitrogen and oxygen atoms in total. The summed E-state index contributed by atoms with van der Waals surface area (Å²) < 4.78 is 42.8. The molecule has 0 aromatic heterocycles. The zero-order valence-electron chi connectivity index (χ0n) is 11.6. The number of carbonyl (C=O) groups excluding carboxylic acids is 1. The van der Waals surface area contributed by atoms with Crippen molar-refractivity contribution in [3.63, 3.8) is 0 Å². The Hall–Kier alpha value is -1.50. The Bertz CT molecular complexity index is 542. The van der Waals surface area contributed by atoms with E-state index in [1.54, 1.807) is 13.0 Å². The van der Waals surface area contributed by atoms with Crippen LogP contribution < -0.4 is 5.32 Å². The normalized spacial score (nSPS) is 12.2. The van der Waals surface area contributed by atoms with Crippen LogP contribution in [-0.4, -0.2) is 19.6 Å². The molecule has 1 aromatic carbocycles. The minimum atomic E-state index is -4.42. The molecule has 0 saturated heterocycles. The Balaban J connectivity index is 2.81. The first-order chi connectivity index (χ1) is 9.79. The van der Waals surface area contributed by atoms with E-state index in [9.17, 15) is 18.0 Å². The van der Waals surface area contributed by atoms with Crippen LogP contribution >= 0.6 is 15.9 Å². The fraction of sp³-hybridized carbons (Fsp3) is 0.357. The van der Waals surface area contributed by atoms with Crippen LogP contribution in [0.1, 0.15) is 18.9 Å². The van der Waals surface area contributed by atoms with Gasteiger partial charge in [0, 0.05) is 22.3 Å². The molecule has 0 aliphatic heterocycles. The number of nitrogens with one attached hydrogen (secondary N) is 1. The zero-order valence-corrected chi connectivity index (χ0v) is 13.1. The van der Waals surface area contributed by atoms with E-state index in [2.05, 4.69) is 26.0 Å². The summed E-state index contributed by atoms with van der Waals surface area (Å²) in [6, 6.07) is 3.87. The van der Waals surface area contributed by atoms with Gasteiger partial charge in [0.1, 0.15) is 0 Å². The first-order valence-corrected chi connectivity index (χ1v) is 6.96. The molecular formula is C14H15BrF3NO2. The van der Waals surface area contributed by atoms with Gasteiger partial charge in [-0.05, 0) is 24.6 Å². The lowest BCUT2D eigenvalue weighted by molar-refractivity contribution is -0.138. The molecule has 0 unspecified atom stereocenters. The van der Waals surface area contributed by atoms with Crippen molar-refractivity contribution in [3.05, 3.63) is 39.9 Å². The van der Waals surface area contributed by atoms with Gasteiger partial charge in [-0.2, -0.15) is 13.2 Å². The molecule has 116 valence electrons. The molecular weight excluding hydrogens is 351 g/mol. The van der Waals surface area contributed by atoms with Crippen LogP contribution in [0.4, 0.5) is 18.9 Å². The van der Waals surface area contributed by atoms with E-state index >= 15 is 0 Å². The van der Waals surface area contributed by atoms with Crippen LogP contribution in [0.3, 0.4) is 0 Å². The number of halogens is 4. The molecule has 0 bridgehead atoms. The third-order valence-corrected chi connectivity index (χ3v) is 3.45. The van der Waals surface area contributed by atoms with E-state index in [0.717, 1.165) is 6.07 Å². The zero-order chi connectivity index (χ0) is 16.0. The minimum absolute atomic E-state index is 0.0140. The number of alkyl halides is 3. The van der Waals surface area contributed by atoms with Crippen molar-refractivity contribution < 1.29 is 22.7 Å². The quantitative estimate of drug-likeness (QED) is 0.621. The molecule has 0 fully saturated rings. The smallest absolute Gasteiger partial charge is 0.417 e. The fourth-order valence-corrected chi connectivity index (χ4v) is 2.12. The second kappa shape index (κ2) is 7.49. The van der Waals surface area contributed by atoms with Crippen molar-refractivity contribution in [3.8, 4) is 0 Å². The molecule has 0 heterocycles. The molecule has 0 atom stereocenters. The Labute approximate surface area is 129 Å². The highest BCUT2D eigenvalue weighted by Gasteiger charge is 2.33. The highest BCUT2D eigenvalue weighted by molar-refractivity contribution is 9.10.